The highest BCUT2D eigenvalue weighted by molar-refractivity contribution is 9.11. The molecule has 2 heterocycles. The van der Waals surface area contributed by atoms with Crippen molar-refractivity contribution in [1.29, 1.82) is 0 Å². The van der Waals surface area contributed by atoms with Crippen LogP contribution in [0.2, 0.25) is 0 Å². The lowest BCUT2D eigenvalue weighted by Gasteiger charge is -2.18. The van der Waals surface area contributed by atoms with Gasteiger partial charge < -0.3 is 36.5 Å². The number of benzene rings is 4. The van der Waals surface area contributed by atoms with Crippen molar-refractivity contribution < 1.29 is 53.4 Å². The maximum absolute atomic E-state index is 11.9. The predicted octanol–water partition coefficient (Wildman–Crippen LogP) is 9.31. The Bertz CT molecular complexity index is 2440. The summed E-state index contributed by atoms with van der Waals surface area (Å²) in [6.45, 7) is 0. The Morgan fingerprint density at radius 1 is 0.600 bits per heavy atom. The molecule has 0 saturated carbocycles. The van der Waals surface area contributed by atoms with Crippen molar-refractivity contribution in [3.63, 3.8) is 0 Å². The SMILES string of the molecule is O=S(=O)([O-])OC(=C\c1cc(Br)c2occ(-c3ccc(O)c(Br)c3)c2c1)/C(=C/c1cc(Br)c2occ(-c3ccc(O)c(Br)c3)c2c1)OS(=O)(=O)[O-]. The number of phenols is 2. The molecule has 0 spiro atoms. The van der Waals surface area contributed by atoms with E-state index in [2.05, 4.69) is 72.1 Å². The summed E-state index contributed by atoms with van der Waals surface area (Å²) >= 11 is 13.3. The summed E-state index contributed by atoms with van der Waals surface area (Å²) in [5, 5.41) is 20.8. The molecule has 6 aromatic rings. The summed E-state index contributed by atoms with van der Waals surface area (Å²) in [5.74, 6) is -1.87. The number of halogens is 4. The van der Waals surface area contributed by atoms with E-state index in [1.54, 1.807) is 24.3 Å². The van der Waals surface area contributed by atoms with Crippen LogP contribution >= 0.6 is 63.7 Å². The van der Waals surface area contributed by atoms with Crippen LogP contribution in [0, 0.1) is 0 Å². The molecule has 2 aromatic heterocycles. The van der Waals surface area contributed by atoms with Gasteiger partial charge in [-0.25, -0.2) is 16.8 Å². The number of hydrogen-bond acceptors (Lipinski definition) is 12. The first-order valence-electron chi connectivity index (χ1n) is 13.6. The number of fused-ring (bicyclic) bond motifs is 2. The van der Waals surface area contributed by atoms with Crippen molar-refractivity contribution in [2.45, 2.75) is 0 Å². The van der Waals surface area contributed by atoms with Gasteiger partial charge in [-0.2, -0.15) is 0 Å². The van der Waals surface area contributed by atoms with Gasteiger partial charge in [0, 0.05) is 21.9 Å². The van der Waals surface area contributed by atoms with Gasteiger partial charge in [0.25, 0.3) is 20.8 Å². The molecule has 0 amide bonds. The standard InChI is InChI=1S/C32H18Br4O12S2/c33-23-11-17(1-3-27(23)37)21-13-45-31-19(21)5-15(7-25(31)35)9-29(47-49(39,40)41)30(48-50(42,43)44)10-16-6-20-22(14-46-32(20)26(36)8-16)18-2-4-28(38)24(34)12-18/h1-14,37-38H,(H,39,40,41)(H,42,43,44)/p-2/b29-9-,30-10-. The van der Waals surface area contributed by atoms with E-state index in [0.29, 0.717) is 62.1 Å². The zero-order valence-corrected chi connectivity index (χ0v) is 32.4. The maximum atomic E-state index is 11.9. The molecule has 0 unspecified atom stereocenters. The number of phenolic OH excluding ortho intramolecular Hbond substituents is 2. The van der Waals surface area contributed by atoms with Crippen LogP contribution in [0.4, 0.5) is 0 Å². The van der Waals surface area contributed by atoms with Gasteiger partial charge in [0.2, 0.25) is 0 Å². The summed E-state index contributed by atoms with van der Waals surface area (Å²) in [6.07, 6.45) is 4.89. The molecule has 0 aliphatic carbocycles. The first kappa shape index (κ1) is 36.2. The molecule has 6 rings (SSSR count). The molecular formula is C32H16Br4O12S2-2. The van der Waals surface area contributed by atoms with E-state index in [4.69, 9.17) is 8.83 Å². The van der Waals surface area contributed by atoms with Gasteiger partial charge in [0.05, 0.1) is 30.4 Å². The van der Waals surface area contributed by atoms with E-state index < -0.39 is 32.3 Å². The molecule has 258 valence electrons. The Kier molecular flexibility index (Phi) is 10.0. The van der Waals surface area contributed by atoms with Crippen LogP contribution in [0.1, 0.15) is 11.1 Å². The molecule has 50 heavy (non-hydrogen) atoms. The molecule has 0 radical (unpaired) electrons. The smallest absolute Gasteiger partial charge is 0.262 e. The Morgan fingerprint density at radius 2 is 0.980 bits per heavy atom. The lowest BCUT2D eigenvalue weighted by molar-refractivity contribution is 0.281. The van der Waals surface area contributed by atoms with Gasteiger partial charge in [-0.15, -0.1) is 0 Å². The van der Waals surface area contributed by atoms with Gasteiger partial charge in [-0.3, -0.25) is 0 Å². The summed E-state index contributed by atoms with van der Waals surface area (Å²) in [6, 6.07) is 15.5. The fourth-order valence-corrected chi connectivity index (χ4v) is 7.59. The second kappa shape index (κ2) is 13.8. The van der Waals surface area contributed by atoms with Crippen molar-refractivity contribution in [3.05, 3.63) is 114 Å². The monoisotopic (exact) mass is 972 g/mol. The van der Waals surface area contributed by atoms with E-state index >= 15 is 0 Å². The highest BCUT2D eigenvalue weighted by atomic mass is 79.9. The topological polar surface area (TPSA) is 200 Å². The van der Waals surface area contributed by atoms with Crippen molar-refractivity contribution in [1.82, 2.24) is 0 Å². The molecule has 0 bridgehead atoms. The van der Waals surface area contributed by atoms with Crippen LogP contribution in [-0.2, 0) is 29.2 Å². The molecule has 0 saturated heterocycles. The van der Waals surface area contributed by atoms with Crippen LogP contribution in [0.15, 0.2) is 111 Å². The lowest BCUT2D eigenvalue weighted by Crippen LogP contribution is -2.11. The lowest BCUT2D eigenvalue weighted by atomic mass is 10.0. The molecule has 0 atom stereocenters. The fourth-order valence-electron chi connectivity index (χ4n) is 4.99. The molecular weight excluding hydrogens is 960 g/mol. The molecule has 0 aliphatic heterocycles. The number of hydrogen-bond donors (Lipinski definition) is 2. The van der Waals surface area contributed by atoms with Crippen molar-refractivity contribution >= 4 is 119 Å². The van der Waals surface area contributed by atoms with Crippen LogP contribution in [0.3, 0.4) is 0 Å². The van der Waals surface area contributed by atoms with Crippen LogP contribution < -0.4 is 0 Å². The second-order valence-corrected chi connectivity index (χ2v) is 15.8. The van der Waals surface area contributed by atoms with Gasteiger partial charge in [-0.05, 0) is 147 Å². The summed E-state index contributed by atoms with van der Waals surface area (Å²) < 4.78 is 93.9. The Balaban J connectivity index is 1.53. The minimum absolute atomic E-state index is 0.00297. The van der Waals surface area contributed by atoms with Gasteiger partial charge in [0.1, 0.15) is 22.7 Å². The molecule has 4 aromatic carbocycles. The first-order chi connectivity index (χ1) is 23.5. The summed E-state index contributed by atoms with van der Waals surface area (Å²) in [4.78, 5) is 0. The molecule has 0 aliphatic rings. The van der Waals surface area contributed by atoms with Crippen LogP contribution in [0.5, 0.6) is 11.5 Å². The minimum atomic E-state index is -5.57. The Morgan fingerprint density at radius 3 is 1.32 bits per heavy atom. The van der Waals surface area contributed by atoms with E-state index in [-0.39, 0.29) is 22.6 Å². The predicted molar refractivity (Wildman–Crippen MR) is 195 cm³/mol. The second-order valence-electron chi connectivity index (χ2n) is 10.4. The minimum Gasteiger partial charge on any atom is -0.716 e. The highest BCUT2D eigenvalue weighted by Crippen LogP contribution is 2.41. The third kappa shape index (κ3) is 7.97. The van der Waals surface area contributed by atoms with E-state index in [9.17, 15) is 36.2 Å². The van der Waals surface area contributed by atoms with Crippen LogP contribution in [0.25, 0.3) is 56.3 Å². The zero-order chi connectivity index (χ0) is 36.1. The Hall–Kier alpha value is -3.62. The summed E-state index contributed by atoms with van der Waals surface area (Å²) in [7, 11) is -11.1. The normalized spacial score (nSPS) is 12.9. The zero-order valence-electron chi connectivity index (χ0n) is 24.4. The van der Waals surface area contributed by atoms with E-state index in [0.717, 1.165) is 12.2 Å². The molecule has 2 N–H and O–H groups in total. The fraction of sp³-hybridized carbons (Fsp3) is 0. The van der Waals surface area contributed by atoms with Crippen molar-refractivity contribution in [2.75, 3.05) is 0 Å². The quantitative estimate of drug-likeness (QED) is 0.0603. The van der Waals surface area contributed by atoms with E-state index in [1.807, 2.05) is 0 Å². The average Bonchev–Trinajstić information content (AvgIpc) is 3.63. The average molecular weight is 976 g/mol. The third-order valence-corrected chi connectivity index (χ3v) is 10.3. The molecule has 18 heteroatoms. The summed E-state index contributed by atoms with van der Waals surface area (Å²) in [5.41, 5.74) is 3.44. The Labute approximate surface area is 317 Å². The number of furan rings is 2. The third-order valence-electron chi connectivity index (χ3n) is 7.04. The maximum Gasteiger partial charge on any atom is 0.262 e. The molecule has 12 nitrogen and oxygen atoms in total. The number of rotatable bonds is 9. The largest absolute Gasteiger partial charge is 0.716 e. The van der Waals surface area contributed by atoms with Crippen molar-refractivity contribution in [3.8, 4) is 33.8 Å². The van der Waals surface area contributed by atoms with Crippen molar-refractivity contribution in [2.24, 2.45) is 0 Å². The van der Waals surface area contributed by atoms with Crippen LogP contribution in [-0.4, -0.2) is 36.2 Å². The van der Waals surface area contributed by atoms with E-state index in [1.165, 1.54) is 48.9 Å². The highest BCUT2D eigenvalue weighted by Gasteiger charge is 2.20. The van der Waals surface area contributed by atoms with Gasteiger partial charge >= 0.3 is 0 Å². The number of aromatic hydroxyl groups is 2. The van der Waals surface area contributed by atoms with Gasteiger partial charge in [0.15, 0.2) is 11.5 Å². The molecule has 0 fully saturated rings. The first-order valence-corrected chi connectivity index (χ1v) is 19.4. The van der Waals surface area contributed by atoms with Gasteiger partial charge in [-0.1, -0.05) is 12.1 Å².